The van der Waals surface area contributed by atoms with Crippen LogP contribution < -0.4 is 0 Å². The van der Waals surface area contributed by atoms with Gasteiger partial charge in [-0.15, -0.1) is 22.7 Å². The Morgan fingerprint density at radius 1 is 0.324 bits per heavy atom. The zero-order valence-electron chi connectivity index (χ0n) is 58.5. The second kappa shape index (κ2) is 23.2. The van der Waals surface area contributed by atoms with Gasteiger partial charge in [0.05, 0.1) is 27.8 Å². The first kappa shape index (κ1) is 60.9. The van der Waals surface area contributed by atoms with Crippen molar-refractivity contribution in [1.29, 1.82) is 0 Å². The van der Waals surface area contributed by atoms with Crippen molar-refractivity contribution >= 4 is 172 Å². The topological polar surface area (TPSA) is 87.4 Å². The second-order valence-electron chi connectivity index (χ2n) is 29.0. The van der Waals surface area contributed by atoms with Crippen molar-refractivity contribution in [3.05, 3.63) is 333 Å². The van der Waals surface area contributed by atoms with Crippen molar-refractivity contribution < 1.29 is 4.42 Å². The Labute approximate surface area is 626 Å². The van der Waals surface area contributed by atoms with Crippen molar-refractivity contribution in [3.63, 3.8) is 0 Å². The highest BCUT2D eigenvalue weighted by Gasteiger charge is 2.36. The first-order valence-electron chi connectivity index (χ1n) is 36.6. The van der Waals surface area contributed by atoms with Gasteiger partial charge in [0.25, 0.3) is 0 Å². The van der Waals surface area contributed by atoms with E-state index in [0.29, 0.717) is 22.7 Å². The lowest BCUT2D eigenvalue weighted by atomic mass is 9.81. The second-order valence-corrected chi connectivity index (χ2v) is 31.1. The van der Waals surface area contributed by atoms with Gasteiger partial charge in [0, 0.05) is 74.4 Å². The molecular formula is C98H59N7OS2. The van der Waals surface area contributed by atoms with Crippen LogP contribution in [0.2, 0.25) is 0 Å². The van der Waals surface area contributed by atoms with E-state index in [9.17, 15) is 0 Å². The molecule has 8 aromatic heterocycles. The molecule has 15 aromatic carbocycles. The Morgan fingerprint density at radius 3 is 1.60 bits per heavy atom. The average Bonchev–Trinajstić information content (AvgIpc) is 1.54. The fourth-order valence-electron chi connectivity index (χ4n) is 17.5. The van der Waals surface area contributed by atoms with Crippen molar-refractivity contribution in [2.24, 2.45) is 0 Å². The lowest BCUT2D eigenvalue weighted by molar-refractivity contribution is 0.652. The van der Waals surface area contributed by atoms with Gasteiger partial charge in [0.1, 0.15) is 32.8 Å². The number of aromatic nitrogens is 7. The number of hydrogen-bond acceptors (Lipinski definition) is 8. The molecule has 108 heavy (non-hydrogen) atoms. The van der Waals surface area contributed by atoms with Gasteiger partial charge in [-0.3, -0.25) is 14.1 Å². The van der Waals surface area contributed by atoms with Crippen LogP contribution in [0, 0.1) is 0 Å². The van der Waals surface area contributed by atoms with Gasteiger partial charge in [-0.25, -0.2) is 15.0 Å². The Bertz CT molecular complexity index is 7790. The molecule has 0 aliphatic heterocycles. The summed E-state index contributed by atoms with van der Waals surface area (Å²) in [6.45, 7) is 4.64. The molecule has 1 aliphatic rings. The van der Waals surface area contributed by atoms with Gasteiger partial charge in [-0.05, 0) is 166 Å². The molecular weight excluding hydrogens is 1360 g/mol. The third kappa shape index (κ3) is 9.11. The summed E-state index contributed by atoms with van der Waals surface area (Å²) in [5.41, 5.74) is 20.6. The van der Waals surface area contributed by atoms with Crippen LogP contribution in [0.4, 0.5) is 0 Å². The van der Waals surface area contributed by atoms with Crippen molar-refractivity contribution in [2.75, 3.05) is 0 Å². The average molecular weight is 1410 g/mol. The summed E-state index contributed by atoms with van der Waals surface area (Å²) >= 11 is 3.60. The number of pyridine rings is 1. The van der Waals surface area contributed by atoms with Gasteiger partial charge in [0.15, 0.2) is 11.6 Å². The van der Waals surface area contributed by atoms with Crippen molar-refractivity contribution in [3.8, 4) is 67.7 Å². The molecule has 0 unspecified atom stereocenters. The van der Waals surface area contributed by atoms with Crippen LogP contribution in [0.15, 0.2) is 326 Å². The zero-order chi connectivity index (χ0) is 71.0. The molecule has 0 spiro atoms. The van der Waals surface area contributed by atoms with E-state index in [0.717, 1.165) is 93.4 Å². The third-order valence-corrected chi connectivity index (χ3v) is 24.9. The maximum atomic E-state index is 6.69. The Hall–Kier alpha value is -13.5. The van der Waals surface area contributed by atoms with Crippen LogP contribution in [0.1, 0.15) is 25.0 Å². The molecule has 10 heteroatoms. The minimum Gasteiger partial charge on any atom is -0.436 e. The number of thiophene rings is 2. The summed E-state index contributed by atoms with van der Waals surface area (Å²) in [7, 11) is 0. The number of furan rings is 1. The highest BCUT2D eigenvalue weighted by atomic mass is 32.1. The van der Waals surface area contributed by atoms with Gasteiger partial charge in [-0.1, -0.05) is 250 Å². The molecule has 0 radical (unpaired) electrons. The fraction of sp³-hybridized carbons (Fsp3) is 0.0306. The SMILES string of the molecule is CC1(C)c2ccccc2-c2ccc(-c3ccc4c(c3)oc3nc(-n5c6cc7ccccc7cc6c6c7ccccc7ccc65)c(-c5ccccn5)nc34)cc21.c1ccc(-c2nc3c(nc2-n2c4cc5ccccc5cc4c4c5ccccc5ccc42)sc2cc(-c4cccc5c4sc4ccccc45)ccc23)cc1. The van der Waals surface area contributed by atoms with Crippen LogP contribution in [0.5, 0.6) is 0 Å². The number of benzene rings is 15. The lowest BCUT2D eigenvalue weighted by Crippen LogP contribution is -2.14. The molecule has 1 aliphatic carbocycles. The molecule has 0 bridgehead atoms. The fourth-order valence-corrected chi connectivity index (χ4v) is 19.8. The molecule has 23 aromatic rings. The number of hydrogen-bond donors (Lipinski definition) is 0. The third-order valence-electron chi connectivity index (χ3n) is 22.6. The molecule has 24 rings (SSSR count). The van der Waals surface area contributed by atoms with Crippen molar-refractivity contribution in [1.82, 2.24) is 34.1 Å². The van der Waals surface area contributed by atoms with E-state index in [1.807, 2.05) is 35.7 Å². The summed E-state index contributed by atoms with van der Waals surface area (Å²) in [5.74, 6) is 1.52. The minimum atomic E-state index is -0.0805. The van der Waals surface area contributed by atoms with E-state index in [1.54, 1.807) is 11.3 Å². The van der Waals surface area contributed by atoms with Gasteiger partial charge < -0.3 is 4.42 Å². The van der Waals surface area contributed by atoms with Gasteiger partial charge in [0.2, 0.25) is 5.71 Å². The predicted molar refractivity (Wildman–Crippen MR) is 453 cm³/mol. The zero-order valence-corrected chi connectivity index (χ0v) is 60.1. The van der Waals surface area contributed by atoms with Crippen molar-refractivity contribution in [2.45, 2.75) is 19.3 Å². The number of fused-ring (bicyclic) bond motifs is 24. The quantitative estimate of drug-likeness (QED) is 0.165. The first-order valence-corrected chi connectivity index (χ1v) is 38.2. The van der Waals surface area contributed by atoms with E-state index in [2.05, 4.69) is 320 Å². The molecule has 0 N–H and O–H groups in total. The molecule has 0 saturated heterocycles. The summed E-state index contributed by atoms with van der Waals surface area (Å²) in [5, 5.41) is 19.1. The molecule has 0 amide bonds. The van der Waals surface area contributed by atoms with E-state index < -0.39 is 0 Å². The molecule has 504 valence electrons. The predicted octanol–water partition coefficient (Wildman–Crippen LogP) is 26.8. The number of nitrogens with zero attached hydrogens (tertiary/aromatic N) is 7. The molecule has 8 heterocycles. The smallest absolute Gasteiger partial charge is 0.248 e. The maximum absolute atomic E-state index is 6.69. The standard InChI is InChI=1S/C50H32N4O.C48H27N3S2/c1-50(2)39-16-8-7-15-35(39)36-21-18-32(26-40(36)50)33-19-22-37-44(28-33)55-49-46(37)52-47(41-17-9-10-24-51-41)48(53-49)54-42-23-20-29-11-5-6-14-34(29)45(42)38-25-30-12-3-4-13-31(30)27-43(38)54;1-2-12-29(13-3-1)44-47(51-39-24-22-28-11-6-7-16-33(28)43(39)38-25-30-14-4-5-15-31(30)26-40(38)51)50-48-45(49-44)37-23-21-32(27-42(37)53-48)34-18-10-19-36-35-17-8-9-20-41(35)52-46(34)36/h3-28H,1-2H3;1-27H. The summed E-state index contributed by atoms with van der Waals surface area (Å²) in [4.78, 5) is 27.6. The van der Waals surface area contributed by atoms with E-state index in [1.165, 1.54) is 112 Å². The molecule has 0 fully saturated rings. The van der Waals surface area contributed by atoms with Crippen LogP contribution >= 0.6 is 22.7 Å². The Kier molecular flexibility index (Phi) is 13.1. The molecule has 0 saturated carbocycles. The van der Waals surface area contributed by atoms with Crippen LogP contribution in [-0.4, -0.2) is 34.1 Å². The molecule has 8 nitrogen and oxygen atoms in total. The van der Waals surface area contributed by atoms with E-state index >= 15 is 0 Å². The largest absolute Gasteiger partial charge is 0.436 e. The summed E-state index contributed by atoms with van der Waals surface area (Å²) in [6.07, 6.45) is 1.81. The number of rotatable bonds is 6. The minimum absolute atomic E-state index is 0.0805. The van der Waals surface area contributed by atoms with Crippen LogP contribution in [0.3, 0.4) is 0 Å². The van der Waals surface area contributed by atoms with E-state index in [4.69, 9.17) is 29.3 Å². The normalized spacial score (nSPS) is 12.8. The van der Waals surface area contributed by atoms with Gasteiger partial charge >= 0.3 is 0 Å². The highest BCUT2D eigenvalue weighted by molar-refractivity contribution is 7.26. The maximum Gasteiger partial charge on any atom is 0.248 e. The monoisotopic (exact) mass is 1410 g/mol. The summed E-state index contributed by atoms with van der Waals surface area (Å²) in [6, 6.07) is 113. The Morgan fingerprint density at radius 2 is 0.889 bits per heavy atom. The van der Waals surface area contributed by atoms with Crippen LogP contribution in [0.25, 0.3) is 217 Å². The van der Waals surface area contributed by atoms with E-state index in [-0.39, 0.29) is 5.41 Å². The Balaban J connectivity index is 0.000000130. The van der Waals surface area contributed by atoms with Crippen LogP contribution in [-0.2, 0) is 5.41 Å². The first-order chi connectivity index (χ1) is 53.3. The van der Waals surface area contributed by atoms with Gasteiger partial charge in [-0.2, -0.15) is 4.98 Å². The summed E-state index contributed by atoms with van der Waals surface area (Å²) < 4.78 is 15.1. The lowest BCUT2D eigenvalue weighted by Gasteiger charge is -2.22. The highest BCUT2D eigenvalue weighted by Crippen LogP contribution is 2.51. The molecule has 0 atom stereocenters.